The lowest BCUT2D eigenvalue weighted by Crippen LogP contribution is -2.20. The number of thioether (sulfide) groups is 1. The molecule has 0 amide bonds. The van der Waals surface area contributed by atoms with Crippen molar-refractivity contribution in [2.24, 2.45) is 11.7 Å². The Hall–Kier alpha value is -1.51. The molecular formula is C14H16FN5S2. The number of nitrogens with two attached hydrogens (primary N) is 1. The van der Waals surface area contributed by atoms with E-state index in [1.807, 2.05) is 19.9 Å². The molecule has 1 aromatic carbocycles. The van der Waals surface area contributed by atoms with E-state index in [-0.39, 0.29) is 17.8 Å². The second kappa shape index (κ2) is 6.31. The molecule has 0 spiro atoms. The van der Waals surface area contributed by atoms with Crippen molar-refractivity contribution < 1.29 is 4.39 Å². The Morgan fingerprint density at radius 2 is 2.18 bits per heavy atom. The fourth-order valence-electron chi connectivity index (χ4n) is 1.95. The van der Waals surface area contributed by atoms with Gasteiger partial charge >= 0.3 is 0 Å². The maximum absolute atomic E-state index is 13.2. The van der Waals surface area contributed by atoms with Crippen molar-refractivity contribution >= 4 is 28.1 Å². The van der Waals surface area contributed by atoms with Crippen LogP contribution in [0.3, 0.4) is 0 Å². The van der Waals surface area contributed by atoms with Crippen molar-refractivity contribution in [3.8, 4) is 0 Å². The van der Waals surface area contributed by atoms with Gasteiger partial charge in [-0.05, 0) is 23.6 Å². The van der Waals surface area contributed by atoms with Gasteiger partial charge in [-0.2, -0.15) is 4.52 Å². The van der Waals surface area contributed by atoms with Crippen LogP contribution in [0.2, 0.25) is 0 Å². The fraction of sp³-hybridized carbons (Fsp3) is 0.357. The Morgan fingerprint density at radius 3 is 2.91 bits per heavy atom. The molecule has 0 saturated heterocycles. The molecule has 2 aromatic heterocycles. The third-order valence-corrected chi connectivity index (χ3v) is 5.37. The van der Waals surface area contributed by atoms with Crippen molar-refractivity contribution in [3.63, 3.8) is 0 Å². The van der Waals surface area contributed by atoms with Crippen molar-refractivity contribution in [2.75, 3.05) is 0 Å². The van der Waals surface area contributed by atoms with E-state index in [0.717, 1.165) is 14.9 Å². The molecule has 1 atom stereocenters. The van der Waals surface area contributed by atoms with Gasteiger partial charge in [0.25, 0.3) is 0 Å². The molecule has 8 heteroatoms. The van der Waals surface area contributed by atoms with Crippen LogP contribution in [0.1, 0.15) is 31.3 Å². The molecule has 5 nitrogen and oxygen atoms in total. The van der Waals surface area contributed by atoms with Crippen molar-refractivity contribution in [3.05, 3.63) is 41.5 Å². The summed E-state index contributed by atoms with van der Waals surface area (Å²) in [6.45, 7) is 4.08. The van der Waals surface area contributed by atoms with Gasteiger partial charge in [0.05, 0.1) is 6.04 Å². The van der Waals surface area contributed by atoms with E-state index in [1.54, 1.807) is 22.3 Å². The van der Waals surface area contributed by atoms with Crippen molar-refractivity contribution in [1.82, 2.24) is 19.8 Å². The first-order valence-electron chi connectivity index (χ1n) is 6.89. The molecule has 0 bridgehead atoms. The Bertz CT molecular complexity index is 782. The van der Waals surface area contributed by atoms with Gasteiger partial charge in [-0.1, -0.05) is 49.1 Å². The minimum Gasteiger partial charge on any atom is -0.321 e. The molecule has 0 unspecified atom stereocenters. The molecule has 0 radical (unpaired) electrons. The monoisotopic (exact) mass is 337 g/mol. The van der Waals surface area contributed by atoms with Crippen LogP contribution in [-0.4, -0.2) is 19.8 Å². The SMILES string of the molecule is CC(C)[C@H](N)c1nnc2sc(SCc3cccc(F)c3)nn12. The third-order valence-electron chi connectivity index (χ3n) is 3.26. The van der Waals surface area contributed by atoms with Crippen LogP contribution >= 0.6 is 23.1 Å². The third kappa shape index (κ3) is 3.13. The lowest BCUT2D eigenvalue weighted by atomic mass is 10.1. The second-order valence-corrected chi connectivity index (χ2v) is 7.49. The highest BCUT2D eigenvalue weighted by molar-refractivity contribution is 8.00. The van der Waals surface area contributed by atoms with Crippen LogP contribution in [0.5, 0.6) is 0 Å². The van der Waals surface area contributed by atoms with E-state index < -0.39 is 0 Å². The maximum atomic E-state index is 13.2. The Labute approximate surface area is 135 Å². The van der Waals surface area contributed by atoms with Gasteiger partial charge < -0.3 is 5.73 Å². The molecule has 0 aliphatic carbocycles. The normalized spacial score (nSPS) is 13.1. The summed E-state index contributed by atoms with van der Waals surface area (Å²) in [4.78, 5) is 0.729. The van der Waals surface area contributed by atoms with Gasteiger partial charge in [0.1, 0.15) is 5.82 Å². The van der Waals surface area contributed by atoms with Gasteiger partial charge in [-0.3, -0.25) is 0 Å². The van der Waals surface area contributed by atoms with Crippen molar-refractivity contribution in [1.29, 1.82) is 0 Å². The van der Waals surface area contributed by atoms with Crippen LogP contribution in [0.25, 0.3) is 4.96 Å². The highest BCUT2D eigenvalue weighted by atomic mass is 32.2. The topological polar surface area (TPSA) is 69.1 Å². The summed E-state index contributed by atoms with van der Waals surface area (Å²) in [6, 6.07) is 6.39. The van der Waals surface area contributed by atoms with Gasteiger partial charge in [-0.15, -0.1) is 15.3 Å². The van der Waals surface area contributed by atoms with E-state index in [9.17, 15) is 4.39 Å². The standard InChI is InChI=1S/C14H16FN5S2/c1-8(2)11(16)12-17-18-13-20(12)19-14(22-13)21-7-9-4-3-5-10(15)6-9/h3-6,8,11H,7,16H2,1-2H3/t11-/m0/s1. The Balaban J connectivity index is 1.78. The van der Waals surface area contributed by atoms with Gasteiger partial charge in [0.2, 0.25) is 4.96 Å². The predicted octanol–water partition coefficient (Wildman–Crippen LogP) is 3.27. The number of nitrogens with zero attached hydrogens (tertiary/aromatic N) is 4. The maximum Gasteiger partial charge on any atom is 0.235 e. The summed E-state index contributed by atoms with van der Waals surface area (Å²) in [5, 5.41) is 12.8. The van der Waals surface area contributed by atoms with Crippen molar-refractivity contribution in [2.45, 2.75) is 30.0 Å². The number of hydrogen-bond donors (Lipinski definition) is 1. The smallest absolute Gasteiger partial charge is 0.235 e. The van der Waals surface area contributed by atoms with E-state index in [4.69, 9.17) is 5.73 Å². The van der Waals surface area contributed by atoms with Gasteiger partial charge in [0.15, 0.2) is 10.2 Å². The van der Waals surface area contributed by atoms with Crippen LogP contribution in [-0.2, 0) is 5.75 Å². The average Bonchev–Trinajstić information content (AvgIpc) is 3.04. The molecule has 0 fully saturated rings. The van der Waals surface area contributed by atoms with Gasteiger partial charge in [-0.25, -0.2) is 4.39 Å². The first-order valence-corrected chi connectivity index (χ1v) is 8.70. The highest BCUT2D eigenvalue weighted by Gasteiger charge is 2.20. The number of hydrogen-bond acceptors (Lipinski definition) is 6. The van der Waals surface area contributed by atoms with E-state index in [0.29, 0.717) is 11.6 Å². The molecule has 2 heterocycles. The molecule has 3 rings (SSSR count). The molecule has 22 heavy (non-hydrogen) atoms. The molecule has 2 N–H and O–H groups in total. The largest absolute Gasteiger partial charge is 0.321 e. The Morgan fingerprint density at radius 1 is 1.36 bits per heavy atom. The average molecular weight is 337 g/mol. The number of benzene rings is 1. The highest BCUT2D eigenvalue weighted by Crippen LogP contribution is 2.29. The zero-order valence-corrected chi connectivity index (χ0v) is 13.9. The number of fused-ring (bicyclic) bond motifs is 1. The molecule has 116 valence electrons. The first kappa shape index (κ1) is 15.4. The number of aromatic nitrogens is 4. The number of halogens is 1. The summed E-state index contributed by atoms with van der Waals surface area (Å²) in [6.07, 6.45) is 0. The molecular weight excluding hydrogens is 321 g/mol. The van der Waals surface area contributed by atoms with Crippen LogP contribution < -0.4 is 5.73 Å². The lowest BCUT2D eigenvalue weighted by Gasteiger charge is -2.11. The van der Waals surface area contributed by atoms with E-state index in [1.165, 1.54) is 23.5 Å². The fourth-order valence-corrected chi connectivity index (χ4v) is 3.78. The molecule has 3 aromatic rings. The summed E-state index contributed by atoms with van der Waals surface area (Å²) in [7, 11) is 0. The molecule has 0 saturated carbocycles. The van der Waals surface area contributed by atoms with Crippen LogP contribution in [0.15, 0.2) is 28.6 Å². The first-order chi connectivity index (χ1) is 10.5. The molecule has 0 aliphatic rings. The zero-order valence-electron chi connectivity index (χ0n) is 12.2. The van der Waals surface area contributed by atoms with Crippen LogP contribution in [0, 0.1) is 11.7 Å². The van der Waals surface area contributed by atoms with Crippen LogP contribution in [0.4, 0.5) is 4.39 Å². The zero-order chi connectivity index (χ0) is 15.7. The predicted molar refractivity (Wildman–Crippen MR) is 86.4 cm³/mol. The van der Waals surface area contributed by atoms with E-state index in [2.05, 4.69) is 15.3 Å². The summed E-state index contributed by atoms with van der Waals surface area (Å²) >= 11 is 3.02. The lowest BCUT2D eigenvalue weighted by molar-refractivity contribution is 0.479. The minimum atomic E-state index is -0.221. The molecule has 0 aliphatic heterocycles. The summed E-state index contributed by atoms with van der Waals surface area (Å²) in [5.41, 5.74) is 7.06. The second-order valence-electron chi connectivity index (χ2n) is 5.31. The van der Waals surface area contributed by atoms with Gasteiger partial charge in [0, 0.05) is 5.75 Å². The summed E-state index contributed by atoms with van der Waals surface area (Å²) in [5.74, 6) is 1.38. The number of rotatable bonds is 5. The summed E-state index contributed by atoms with van der Waals surface area (Å²) < 4.78 is 15.7. The Kier molecular flexibility index (Phi) is 4.42. The minimum absolute atomic E-state index is 0.196. The quantitative estimate of drug-likeness (QED) is 0.724. The van der Waals surface area contributed by atoms with E-state index >= 15 is 0 Å².